The van der Waals surface area contributed by atoms with Gasteiger partial charge in [-0.2, -0.15) is 5.10 Å². The molecule has 0 aliphatic rings. The van der Waals surface area contributed by atoms with Crippen molar-refractivity contribution in [3.63, 3.8) is 0 Å². The Kier molecular flexibility index (Phi) is 5.35. The Morgan fingerprint density at radius 1 is 1.35 bits per heavy atom. The summed E-state index contributed by atoms with van der Waals surface area (Å²) in [5, 5.41) is 7.77. The summed E-state index contributed by atoms with van der Waals surface area (Å²) in [4.78, 5) is 4.32. The molecule has 0 aliphatic heterocycles. The van der Waals surface area contributed by atoms with E-state index in [2.05, 4.69) is 36.2 Å². The van der Waals surface area contributed by atoms with Crippen molar-refractivity contribution in [1.82, 2.24) is 20.1 Å². The van der Waals surface area contributed by atoms with Gasteiger partial charge in [-0.1, -0.05) is 13.8 Å². The van der Waals surface area contributed by atoms with Crippen LogP contribution < -0.4 is 5.32 Å². The third kappa shape index (κ3) is 4.49. The minimum atomic E-state index is 0.421. The van der Waals surface area contributed by atoms with Gasteiger partial charge in [-0.05, 0) is 31.4 Å². The van der Waals surface area contributed by atoms with E-state index in [0.717, 1.165) is 37.5 Å². The molecule has 0 radical (unpaired) electrons. The highest BCUT2D eigenvalue weighted by Crippen LogP contribution is 2.06. The van der Waals surface area contributed by atoms with E-state index in [1.807, 2.05) is 16.8 Å². The van der Waals surface area contributed by atoms with Crippen molar-refractivity contribution < 1.29 is 4.42 Å². The number of furan rings is 1. The molecule has 5 nitrogen and oxygen atoms in total. The molecule has 0 saturated heterocycles. The fraction of sp³-hybridized carbons (Fsp3) is 0.600. The summed E-state index contributed by atoms with van der Waals surface area (Å²) in [6.07, 6.45) is 5.36. The summed E-state index contributed by atoms with van der Waals surface area (Å²) >= 11 is 0. The Hall–Kier alpha value is -1.62. The Morgan fingerprint density at radius 2 is 2.20 bits per heavy atom. The SMILES string of the molecule is CC(C)Cn1ncnc1CNC(C)CCc1ccco1. The fourth-order valence-electron chi connectivity index (χ4n) is 2.10. The lowest BCUT2D eigenvalue weighted by Crippen LogP contribution is -2.28. The molecule has 2 aromatic heterocycles. The second-order valence-electron chi connectivity index (χ2n) is 5.65. The molecule has 2 rings (SSSR count). The van der Waals surface area contributed by atoms with Gasteiger partial charge in [-0.15, -0.1) is 0 Å². The van der Waals surface area contributed by atoms with Gasteiger partial charge >= 0.3 is 0 Å². The topological polar surface area (TPSA) is 55.9 Å². The molecule has 2 heterocycles. The van der Waals surface area contributed by atoms with Crippen molar-refractivity contribution >= 4 is 0 Å². The van der Waals surface area contributed by atoms with Crippen LogP contribution in [0.2, 0.25) is 0 Å². The van der Waals surface area contributed by atoms with E-state index in [9.17, 15) is 0 Å². The number of hydrogen-bond acceptors (Lipinski definition) is 4. The van der Waals surface area contributed by atoms with Crippen LogP contribution in [-0.2, 0) is 19.5 Å². The average Bonchev–Trinajstić information content (AvgIpc) is 3.04. The lowest BCUT2D eigenvalue weighted by atomic mass is 10.1. The summed E-state index contributed by atoms with van der Waals surface area (Å²) in [6, 6.07) is 4.37. The normalized spacial score (nSPS) is 13.0. The molecular formula is C15H24N4O. The third-order valence-electron chi connectivity index (χ3n) is 3.25. The quantitative estimate of drug-likeness (QED) is 0.805. The van der Waals surface area contributed by atoms with Crippen LogP contribution in [0, 0.1) is 5.92 Å². The fourth-order valence-corrected chi connectivity index (χ4v) is 2.10. The monoisotopic (exact) mass is 276 g/mol. The predicted octanol–water partition coefficient (Wildman–Crippen LogP) is 2.64. The van der Waals surface area contributed by atoms with E-state index < -0.39 is 0 Å². The second-order valence-corrected chi connectivity index (χ2v) is 5.65. The van der Waals surface area contributed by atoms with Gasteiger partial charge in [0.05, 0.1) is 12.8 Å². The molecule has 110 valence electrons. The molecule has 0 bridgehead atoms. The Bertz CT molecular complexity index is 490. The highest BCUT2D eigenvalue weighted by molar-refractivity contribution is 4.98. The van der Waals surface area contributed by atoms with Gasteiger partial charge in [0.25, 0.3) is 0 Å². The zero-order valence-electron chi connectivity index (χ0n) is 12.5. The minimum absolute atomic E-state index is 0.421. The maximum atomic E-state index is 5.34. The molecule has 0 spiro atoms. The van der Waals surface area contributed by atoms with Crippen LogP contribution in [0.15, 0.2) is 29.1 Å². The molecule has 0 aromatic carbocycles. The molecule has 1 unspecified atom stereocenters. The number of hydrogen-bond donors (Lipinski definition) is 1. The van der Waals surface area contributed by atoms with E-state index >= 15 is 0 Å². The largest absolute Gasteiger partial charge is 0.469 e. The van der Waals surface area contributed by atoms with Crippen LogP contribution in [0.25, 0.3) is 0 Å². The van der Waals surface area contributed by atoms with Gasteiger partial charge in [-0.3, -0.25) is 0 Å². The van der Waals surface area contributed by atoms with Gasteiger partial charge in [0.1, 0.15) is 17.9 Å². The highest BCUT2D eigenvalue weighted by Gasteiger charge is 2.08. The summed E-state index contributed by atoms with van der Waals surface area (Å²) in [5.41, 5.74) is 0. The zero-order valence-corrected chi connectivity index (χ0v) is 12.5. The number of rotatable bonds is 8. The summed E-state index contributed by atoms with van der Waals surface area (Å²) in [6.45, 7) is 8.23. The summed E-state index contributed by atoms with van der Waals surface area (Å²) in [7, 11) is 0. The highest BCUT2D eigenvalue weighted by atomic mass is 16.3. The molecule has 1 atom stereocenters. The van der Waals surface area contributed by atoms with E-state index in [1.165, 1.54) is 0 Å². The van der Waals surface area contributed by atoms with E-state index in [1.54, 1.807) is 12.6 Å². The molecule has 5 heteroatoms. The number of nitrogens with zero attached hydrogens (tertiary/aromatic N) is 3. The third-order valence-corrected chi connectivity index (χ3v) is 3.25. The number of aromatic nitrogens is 3. The zero-order chi connectivity index (χ0) is 14.4. The number of aryl methyl sites for hydroxylation is 1. The van der Waals surface area contributed by atoms with Gasteiger partial charge in [-0.25, -0.2) is 9.67 Å². The van der Waals surface area contributed by atoms with E-state index in [4.69, 9.17) is 4.42 Å². The lowest BCUT2D eigenvalue weighted by molar-refractivity contribution is 0.431. The minimum Gasteiger partial charge on any atom is -0.469 e. The van der Waals surface area contributed by atoms with Gasteiger partial charge in [0.15, 0.2) is 0 Å². The van der Waals surface area contributed by atoms with Gasteiger partial charge in [0, 0.05) is 19.0 Å². The molecule has 0 aliphatic carbocycles. The first-order valence-electron chi connectivity index (χ1n) is 7.27. The van der Waals surface area contributed by atoms with E-state index in [0.29, 0.717) is 12.0 Å². The second kappa shape index (κ2) is 7.24. The molecule has 20 heavy (non-hydrogen) atoms. The van der Waals surface area contributed by atoms with Crippen LogP contribution >= 0.6 is 0 Å². The summed E-state index contributed by atoms with van der Waals surface area (Å²) in [5.74, 6) is 2.62. The summed E-state index contributed by atoms with van der Waals surface area (Å²) < 4.78 is 7.33. The maximum Gasteiger partial charge on any atom is 0.140 e. The van der Waals surface area contributed by atoms with Crippen molar-refractivity contribution in [3.8, 4) is 0 Å². The van der Waals surface area contributed by atoms with Crippen molar-refractivity contribution in [3.05, 3.63) is 36.3 Å². The van der Waals surface area contributed by atoms with Crippen molar-refractivity contribution in [2.45, 2.75) is 52.7 Å². The van der Waals surface area contributed by atoms with Crippen LogP contribution in [-0.4, -0.2) is 20.8 Å². The molecule has 0 fully saturated rings. The Balaban J connectivity index is 1.75. The lowest BCUT2D eigenvalue weighted by Gasteiger charge is -2.14. The first-order valence-corrected chi connectivity index (χ1v) is 7.27. The first-order chi connectivity index (χ1) is 9.65. The van der Waals surface area contributed by atoms with Crippen molar-refractivity contribution in [2.75, 3.05) is 0 Å². The van der Waals surface area contributed by atoms with Crippen LogP contribution in [0.4, 0.5) is 0 Å². The Morgan fingerprint density at radius 3 is 2.90 bits per heavy atom. The maximum absolute atomic E-state index is 5.34. The molecule has 1 N–H and O–H groups in total. The van der Waals surface area contributed by atoms with Crippen LogP contribution in [0.5, 0.6) is 0 Å². The van der Waals surface area contributed by atoms with Crippen LogP contribution in [0.3, 0.4) is 0 Å². The van der Waals surface area contributed by atoms with Crippen molar-refractivity contribution in [2.24, 2.45) is 5.92 Å². The standard InChI is InChI=1S/C15H24N4O/c1-12(2)10-19-15(17-11-18-19)9-16-13(3)6-7-14-5-4-8-20-14/h4-5,8,11-13,16H,6-7,9-10H2,1-3H3. The molecule has 0 saturated carbocycles. The molecule has 2 aromatic rings. The smallest absolute Gasteiger partial charge is 0.140 e. The first kappa shape index (κ1) is 14.8. The number of nitrogens with one attached hydrogen (secondary N) is 1. The predicted molar refractivity (Wildman–Crippen MR) is 78.2 cm³/mol. The van der Waals surface area contributed by atoms with Gasteiger partial charge in [0.2, 0.25) is 0 Å². The van der Waals surface area contributed by atoms with Crippen LogP contribution in [0.1, 0.15) is 38.8 Å². The van der Waals surface area contributed by atoms with Crippen molar-refractivity contribution in [1.29, 1.82) is 0 Å². The van der Waals surface area contributed by atoms with E-state index in [-0.39, 0.29) is 0 Å². The molecule has 0 amide bonds. The molecular weight excluding hydrogens is 252 g/mol. The average molecular weight is 276 g/mol. The Labute approximate surface area is 120 Å². The van der Waals surface area contributed by atoms with Gasteiger partial charge < -0.3 is 9.73 Å².